The molecule has 0 aliphatic rings. The van der Waals surface area contributed by atoms with Crippen molar-refractivity contribution < 1.29 is 0 Å². The van der Waals surface area contributed by atoms with Gasteiger partial charge in [0, 0.05) is 24.3 Å². The molecule has 0 aliphatic heterocycles. The molecule has 4 heterocycles. The Kier molecular flexibility index (Phi) is 2.96. The predicted molar refractivity (Wildman–Crippen MR) is 95.1 cm³/mol. The lowest BCUT2D eigenvalue weighted by atomic mass is 10.0. The minimum absolute atomic E-state index is 0.762. The van der Waals surface area contributed by atoms with Crippen molar-refractivity contribution in [2.45, 2.75) is 6.54 Å². The second-order valence-electron chi connectivity index (χ2n) is 5.71. The van der Waals surface area contributed by atoms with Crippen LogP contribution >= 0.6 is 11.3 Å². The summed E-state index contributed by atoms with van der Waals surface area (Å²) in [7, 11) is 0. The van der Waals surface area contributed by atoms with Crippen LogP contribution in [0.25, 0.3) is 27.7 Å². The average Bonchev–Trinajstić information content (AvgIpc) is 3.36. The number of thiophene rings is 1. The normalized spacial score (nSPS) is 11.5. The molecule has 0 saturated carbocycles. The van der Waals surface area contributed by atoms with Crippen LogP contribution in [0.1, 0.15) is 5.56 Å². The van der Waals surface area contributed by atoms with Gasteiger partial charge in [-0.2, -0.15) is 11.3 Å². The van der Waals surface area contributed by atoms with E-state index in [0.717, 1.165) is 17.7 Å². The van der Waals surface area contributed by atoms with Gasteiger partial charge >= 0.3 is 0 Å². The van der Waals surface area contributed by atoms with Gasteiger partial charge in [0.25, 0.3) is 0 Å². The smallest absolute Gasteiger partial charge is 0.161 e. The molecule has 0 amide bonds. The fourth-order valence-corrected chi connectivity index (χ4v) is 3.75. The molecule has 1 aromatic carbocycles. The Balaban J connectivity index is 1.77. The van der Waals surface area contributed by atoms with Gasteiger partial charge < -0.3 is 4.57 Å². The minimum Gasteiger partial charge on any atom is -0.333 e. The first-order valence-electron chi connectivity index (χ1n) is 7.62. The summed E-state index contributed by atoms with van der Waals surface area (Å²) in [6, 6.07) is 10.8. The lowest BCUT2D eigenvalue weighted by Gasteiger charge is -2.11. The maximum Gasteiger partial charge on any atom is 0.161 e. The van der Waals surface area contributed by atoms with Crippen LogP contribution in [0, 0.1) is 0 Å². The van der Waals surface area contributed by atoms with Crippen molar-refractivity contribution in [1.82, 2.24) is 24.1 Å². The molecule has 0 bridgehead atoms. The maximum absolute atomic E-state index is 4.24. The third kappa shape index (κ3) is 2.11. The number of fused-ring (bicyclic) bond motifs is 3. The molecule has 0 fully saturated rings. The topological polar surface area (TPSA) is 48.0 Å². The first-order chi connectivity index (χ1) is 11.9. The Bertz CT molecular complexity index is 1120. The zero-order valence-corrected chi connectivity index (χ0v) is 13.5. The van der Waals surface area contributed by atoms with E-state index in [-0.39, 0.29) is 0 Å². The Morgan fingerprint density at radius 3 is 2.88 bits per heavy atom. The Morgan fingerprint density at radius 1 is 1.04 bits per heavy atom. The number of aromatic nitrogens is 5. The van der Waals surface area contributed by atoms with E-state index in [9.17, 15) is 0 Å². The van der Waals surface area contributed by atoms with Crippen LogP contribution in [-0.2, 0) is 6.54 Å². The monoisotopic (exact) mass is 331 g/mol. The van der Waals surface area contributed by atoms with Crippen LogP contribution in [0.3, 0.4) is 0 Å². The van der Waals surface area contributed by atoms with Gasteiger partial charge in [-0.3, -0.25) is 4.40 Å². The Labute approximate surface area is 141 Å². The Hall–Kier alpha value is -2.99. The second kappa shape index (κ2) is 5.28. The highest BCUT2D eigenvalue weighted by atomic mass is 32.1. The van der Waals surface area contributed by atoms with E-state index in [2.05, 4.69) is 60.8 Å². The van der Waals surface area contributed by atoms with Gasteiger partial charge in [0.15, 0.2) is 5.65 Å². The maximum atomic E-state index is 4.24. The van der Waals surface area contributed by atoms with E-state index in [4.69, 9.17) is 0 Å². The van der Waals surface area contributed by atoms with Crippen LogP contribution in [0.15, 0.2) is 66.1 Å². The van der Waals surface area contributed by atoms with Gasteiger partial charge in [0.2, 0.25) is 0 Å². The molecular formula is C18H13N5S. The van der Waals surface area contributed by atoms with E-state index in [0.29, 0.717) is 0 Å². The Morgan fingerprint density at radius 2 is 2.04 bits per heavy atom. The molecule has 116 valence electrons. The number of benzene rings is 1. The molecule has 6 heteroatoms. The molecule has 0 radical (unpaired) electrons. The van der Waals surface area contributed by atoms with Gasteiger partial charge in [-0.25, -0.2) is 4.98 Å². The molecule has 0 atom stereocenters. The van der Waals surface area contributed by atoms with Crippen LogP contribution in [-0.4, -0.2) is 24.1 Å². The number of pyridine rings is 1. The summed E-state index contributed by atoms with van der Waals surface area (Å²) in [6.07, 6.45) is 7.38. The predicted octanol–water partition coefficient (Wildman–Crippen LogP) is 3.86. The van der Waals surface area contributed by atoms with E-state index < -0.39 is 0 Å². The van der Waals surface area contributed by atoms with Gasteiger partial charge in [0.1, 0.15) is 6.33 Å². The second-order valence-corrected chi connectivity index (χ2v) is 6.49. The number of hydrogen-bond acceptors (Lipinski definition) is 4. The largest absolute Gasteiger partial charge is 0.333 e. The van der Waals surface area contributed by atoms with Crippen LogP contribution < -0.4 is 0 Å². The molecule has 5 rings (SSSR count). The summed E-state index contributed by atoms with van der Waals surface area (Å²) >= 11 is 1.71. The quantitative estimate of drug-likeness (QED) is 0.504. The van der Waals surface area contributed by atoms with Crippen molar-refractivity contribution in [3.63, 3.8) is 0 Å². The van der Waals surface area contributed by atoms with Crippen molar-refractivity contribution in [2.24, 2.45) is 0 Å². The minimum atomic E-state index is 0.762. The molecule has 0 spiro atoms. The van der Waals surface area contributed by atoms with Crippen LogP contribution in [0.4, 0.5) is 0 Å². The summed E-state index contributed by atoms with van der Waals surface area (Å²) in [6.45, 7) is 0.762. The zero-order chi connectivity index (χ0) is 15.9. The molecule has 5 nitrogen and oxygen atoms in total. The third-order valence-corrected chi connectivity index (χ3v) is 4.93. The first kappa shape index (κ1) is 13.4. The summed E-state index contributed by atoms with van der Waals surface area (Å²) < 4.78 is 4.11. The van der Waals surface area contributed by atoms with Gasteiger partial charge in [-0.1, -0.05) is 12.1 Å². The highest BCUT2D eigenvalue weighted by Crippen LogP contribution is 2.29. The molecular weight excluding hydrogens is 318 g/mol. The highest BCUT2D eigenvalue weighted by molar-refractivity contribution is 7.08. The molecule has 4 aromatic heterocycles. The van der Waals surface area contributed by atoms with Crippen molar-refractivity contribution >= 4 is 27.9 Å². The van der Waals surface area contributed by atoms with E-state index in [1.54, 1.807) is 23.9 Å². The lowest BCUT2D eigenvalue weighted by Crippen LogP contribution is -2.00. The number of hydrogen-bond donors (Lipinski definition) is 0. The van der Waals surface area contributed by atoms with Crippen molar-refractivity contribution in [3.8, 4) is 11.1 Å². The first-order valence-corrected chi connectivity index (χ1v) is 8.56. The van der Waals surface area contributed by atoms with E-state index >= 15 is 0 Å². The zero-order valence-electron chi connectivity index (χ0n) is 12.7. The van der Waals surface area contributed by atoms with Gasteiger partial charge in [-0.15, -0.1) is 10.2 Å². The fourth-order valence-electron chi connectivity index (χ4n) is 3.08. The summed E-state index contributed by atoms with van der Waals surface area (Å²) in [5.41, 5.74) is 5.64. The number of imidazole rings is 1. The molecule has 0 N–H and O–H groups in total. The standard InChI is InChI=1S/C18H13N5S/c1-2-16-15(9-22-5-4-19-11-22)8-18-21-20-12-23(18)17(16)7-13(1)14-3-6-24-10-14/h1-8,10-12H,9H2. The molecule has 0 aliphatic carbocycles. The van der Waals surface area contributed by atoms with Crippen molar-refractivity contribution in [2.75, 3.05) is 0 Å². The van der Waals surface area contributed by atoms with E-state index in [1.807, 2.05) is 16.9 Å². The molecule has 5 aromatic rings. The van der Waals surface area contributed by atoms with Crippen molar-refractivity contribution in [1.29, 1.82) is 0 Å². The fraction of sp³-hybridized carbons (Fsp3) is 0.0556. The van der Waals surface area contributed by atoms with E-state index in [1.165, 1.54) is 22.1 Å². The third-order valence-electron chi connectivity index (χ3n) is 4.25. The van der Waals surface area contributed by atoms with Crippen molar-refractivity contribution in [3.05, 3.63) is 71.7 Å². The SMILES string of the molecule is c1cn(Cc2cc3nncn3c3cc(-c4ccsc4)ccc23)cn1. The molecule has 0 saturated heterocycles. The summed E-state index contributed by atoms with van der Waals surface area (Å²) in [4.78, 5) is 4.13. The summed E-state index contributed by atoms with van der Waals surface area (Å²) in [5.74, 6) is 0. The average molecular weight is 331 g/mol. The van der Waals surface area contributed by atoms with Gasteiger partial charge in [0.05, 0.1) is 11.8 Å². The summed E-state index contributed by atoms with van der Waals surface area (Å²) in [5, 5.41) is 13.8. The number of rotatable bonds is 3. The highest BCUT2D eigenvalue weighted by Gasteiger charge is 2.10. The van der Waals surface area contributed by atoms with Crippen LogP contribution in [0.2, 0.25) is 0 Å². The van der Waals surface area contributed by atoms with Crippen LogP contribution in [0.5, 0.6) is 0 Å². The molecule has 0 unspecified atom stereocenters. The number of nitrogens with zero attached hydrogens (tertiary/aromatic N) is 5. The molecule has 24 heavy (non-hydrogen) atoms. The van der Waals surface area contributed by atoms with Gasteiger partial charge in [-0.05, 0) is 45.6 Å². The lowest BCUT2D eigenvalue weighted by molar-refractivity contribution is 0.802.